The van der Waals surface area contributed by atoms with Gasteiger partial charge in [-0.25, -0.2) is 18.6 Å². The van der Waals surface area contributed by atoms with Gasteiger partial charge in [0.05, 0.1) is 22.5 Å². The first-order chi connectivity index (χ1) is 26.3. The lowest BCUT2D eigenvalue weighted by Crippen LogP contribution is -2.51. The van der Waals surface area contributed by atoms with Gasteiger partial charge < -0.3 is 29.9 Å². The van der Waals surface area contributed by atoms with Crippen LogP contribution in [0.2, 0.25) is 0 Å². The number of nitrogen functional groups attached to an aromatic ring is 1. The van der Waals surface area contributed by atoms with Crippen molar-refractivity contribution < 1.29 is 41.0 Å². The first-order valence-corrected chi connectivity index (χ1v) is 18.8. The van der Waals surface area contributed by atoms with Crippen molar-refractivity contribution in [2.24, 2.45) is 0 Å². The van der Waals surface area contributed by atoms with Crippen molar-refractivity contribution in [1.29, 1.82) is 0 Å². The van der Waals surface area contributed by atoms with Crippen molar-refractivity contribution in [3.63, 3.8) is 0 Å². The molecule has 56 heavy (non-hydrogen) atoms. The number of halogens is 5. The summed E-state index contributed by atoms with van der Waals surface area (Å²) in [5.74, 6) is -1.49. The Bertz CT molecular complexity index is 2060. The lowest BCUT2D eigenvalue weighted by Gasteiger charge is -2.39. The Morgan fingerprint density at radius 3 is 2.55 bits per heavy atom. The van der Waals surface area contributed by atoms with Gasteiger partial charge in [-0.1, -0.05) is 6.08 Å². The highest BCUT2D eigenvalue weighted by molar-refractivity contribution is 5.92. The summed E-state index contributed by atoms with van der Waals surface area (Å²) in [6.07, 6.45) is 0.998. The molecule has 2 amide bonds. The Labute approximate surface area is 321 Å². The van der Waals surface area contributed by atoms with Crippen LogP contribution in [0.15, 0.2) is 24.4 Å². The Balaban J connectivity index is 1.18. The molecule has 2 N–H and O–H groups in total. The van der Waals surface area contributed by atoms with E-state index in [1.54, 1.807) is 48.6 Å². The molecule has 0 unspecified atom stereocenters. The molecule has 302 valence electrons. The molecule has 4 aliphatic heterocycles. The van der Waals surface area contributed by atoms with E-state index < -0.39 is 52.3 Å². The number of likely N-dealkylation sites (N-methyl/N-ethyl adjacent to an activating group) is 1. The largest absolute Gasteiger partial charge is 0.461 e. The maximum Gasteiger partial charge on any atom is 0.418 e. The van der Waals surface area contributed by atoms with Gasteiger partial charge in [0.25, 0.3) is 0 Å². The highest BCUT2D eigenvalue weighted by atomic mass is 19.4. The zero-order valence-electron chi connectivity index (χ0n) is 32.0. The third-order valence-electron chi connectivity index (χ3n) is 11.1. The van der Waals surface area contributed by atoms with Gasteiger partial charge in [0, 0.05) is 58.0 Å². The topological polar surface area (TPSA) is 143 Å². The van der Waals surface area contributed by atoms with E-state index in [1.165, 1.54) is 19.2 Å². The van der Waals surface area contributed by atoms with Gasteiger partial charge in [-0.3, -0.25) is 14.7 Å². The number of nitrogens with two attached hydrogens (primary N) is 1. The van der Waals surface area contributed by atoms with E-state index in [9.17, 15) is 27.2 Å². The van der Waals surface area contributed by atoms with E-state index in [-0.39, 0.29) is 78.2 Å². The van der Waals surface area contributed by atoms with Crippen LogP contribution in [0, 0.1) is 12.7 Å². The summed E-state index contributed by atoms with van der Waals surface area (Å²) in [7, 11) is 1.71. The van der Waals surface area contributed by atoms with Crippen LogP contribution in [-0.4, -0.2) is 122 Å². The number of anilines is 2. The van der Waals surface area contributed by atoms with E-state index in [0.717, 1.165) is 12.5 Å². The van der Waals surface area contributed by atoms with Crippen molar-refractivity contribution in [3.8, 4) is 17.4 Å². The zero-order chi connectivity index (χ0) is 40.3. The summed E-state index contributed by atoms with van der Waals surface area (Å²) in [6, 6.07) is 0.239. The van der Waals surface area contributed by atoms with Crippen LogP contribution in [0.4, 0.5) is 38.4 Å². The Morgan fingerprint density at radius 1 is 1.09 bits per heavy atom. The molecular formula is C38H46F5N9O4. The number of pyridine rings is 2. The van der Waals surface area contributed by atoms with Crippen LogP contribution < -0.4 is 15.4 Å². The number of likely N-dealkylation sites (tertiary alicyclic amines) is 2. The molecule has 0 aliphatic carbocycles. The molecule has 3 aromatic heterocycles. The molecule has 4 fully saturated rings. The molecule has 4 aliphatic rings. The number of carbonyl (C=O) groups excluding carboxylic acids is 2. The van der Waals surface area contributed by atoms with Gasteiger partial charge in [0.15, 0.2) is 5.82 Å². The molecular weight excluding hydrogens is 741 g/mol. The minimum Gasteiger partial charge on any atom is -0.461 e. The van der Waals surface area contributed by atoms with Crippen molar-refractivity contribution in [1.82, 2.24) is 34.6 Å². The minimum absolute atomic E-state index is 0.0280. The van der Waals surface area contributed by atoms with Crippen LogP contribution >= 0.6 is 0 Å². The number of aromatic nitrogens is 4. The number of aryl methyl sites for hydroxylation is 1. The first-order valence-electron chi connectivity index (χ1n) is 18.8. The van der Waals surface area contributed by atoms with Crippen LogP contribution in [0.5, 0.6) is 6.01 Å². The van der Waals surface area contributed by atoms with Crippen molar-refractivity contribution in [3.05, 3.63) is 41.4 Å². The average molecular weight is 788 g/mol. The predicted octanol–water partition coefficient (Wildman–Crippen LogP) is 5.69. The van der Waals surface area contributed by atoms with Gasteiger partial charge in [-0.2, -0.15) is 23.1 Å². The number of hydrogen-bond acceptors (Lipinski definition) is 11. The zero-order valence-corrected chi connectivity index (χ0v) is 32.0. The summed E-state index contributed by atoms with van der Waals surface area (Å²) in [5, 5.41) is 0.0949. The first kappa shape index (κ1) is 39.4. The van der Waals surface area contributed by atoms with Gasteiger partial charge in [0.2, 0.25) is 5.91 Å². The number of carbonyl (C=O) groups is 2. The number of hydrogen-bond donors (Lipinski definition) is 1. The van der Waals surface area contributed by atoms with E-state index in [0.29, 0.717) is 38.9 Å². The lowest BCUT2D eigenvalue weighted by molar-refractivity contribution is -0.137. The van der Waals surface area contributed by atoms with E-state index in [4.69, 9.17) is 15.2 Å². The second-order valence-corrected chi connectivity index (χ2v) is 16.2. The molecule has 0 saturated carbocycles. The van der Waals surface area contributed by atoms with Gasteiger partial charge in [-0.15, -0.1) is 0 Å². The fraction of sp³-hybridized carbons (Fsp3) is 0.579. The molecule has 13 nitrogen and oxygen atoms in total. The summed E-state index contributed by atoms with van der Waals surface area (Å²) in [4.78, 5) is 49.9. The predicted molar refractivity (Wildman–Crippen MR) is 197 cm³/mol. The van der Waals surface area contributed by atoms with Crippen LogP contribution in [-0.2, 0) is 15.7 Å². The quantitative estimate of drug-likeness (QED) is 0.222. The minimum atomic E-state index is -4.90. The fourth-order valence-corrected chi connectivity index (χ4v) is 8.28. The Kier molecular flexibility index (Phi) is 10.2. The molecule has 4 atom stereocenters. The molecule has 0 radical (unpaired) electrons. The smallest absolute Gasteiger partial charge is 0.418 e. The standard InChI is InChI=1S/C38H46F5N9O4/c1-21-15-26(44)46-31(28(21)38(41,42)43)32-29(40)30-25(17-45-32)33(48-34(47-30)55-20-37-11-6-12-51(37)18-22(39)16-37)49(5)24-9-13-50(19-24)27(53)8-7-23-10-14-52(23)35(54)56-36(2,3)4/h7-8,15,17,22-24H,6,9-14,16,18-20H2,1-5H3,(H2,44,46)/b8-7+/t22-,23-,24-,37+/m1/s1. The summed E-state index contributed by atoms with van der Waals surface area (Å²) in [5.41, 5.74) is 1.35. The SMILES string of the molecule is Cc1cc(N)nc(-c2ncc3c(N(C)[C@@H]4CCN(C(=O)/C=C/[C@@H]5CCN5C(=O)OC(C)(C)C)C4)nc(OC[C@@]45CCCN4C[C@H](F)C5)nc3c2F)c1C(F)(F)F. The third kappa shape index (κ3) is 7.63. The number of rotatable bonds is 8. The van der Waals surface area contributed by atoms with E-state index in [1.807, 2.05) is 4.90 Å². The van der Waals surface area contributed by atoms with Gasteiger partial charge in [-0.05, 0) is 71.6 Å². The normalized spacial score (nSPS) is 24.2. The third-order valence-corrected chi connectivity index (χ3v) is 11.1. The number of fused-ring (bicyclic) bond motifs is 2. The number of alkyl halides is 4. The van der Waals surface area contributed by atoms with Crippen LogP contribution in [0.25, 0.3) is 22.3 Å². The monoisotopic (exact) mass is 787 g/mol. The molecule has 7 rings (SSSR count). The summed E-state index contributed by atoms with van der Waals surface area (Å²) in [6.45, 7) is 8.78. The molecule has 0 aromatic carbocycles. The second-order valence-electron chi connectivity index (χ2n) is 16.2. The number of nitrogens with zero attached hydrogens (tertiary/aromatic N) is 8. The Morgan fingerprint density at radius 2 is 1.86 bits per heavy atom. The molecule has 0 bridgehead atoms. The molecule has 18 heteroatoms. The van der Waals surface area contributed by atoms with Gasteiger partial charge >= 0.3 is 18.3 Å². The van der Waals surface area contributed by atoms with Crippen LogP contribution in [0.1, 0.15) is 64.0 Å². The maximum atomic E-state index is 16.7. The van der Waals surface area contributed by atoms with Crippen molar-refractivity contribution >= 4 is 34.5 Å². The highest BCUT2D eigenvalue weighted by Gasteiger charge is 2.49. The van der Waals surface area contributed by atoms with E-state index >= 15 is 4.39 Å². The number of amides is 2. The lowest BCUT2D eigenvalue weighted by atomic mass is 9.95. The molecule has 7 heterocycles. The summed E-state index contributed by atoms with van der Waals surface area (Å²) < 4.78 is 85.7. The molecule has 3 aromatic rings. The highest BCUT2D eigenvalue weighted by Crippen LogP contribution is 2.42. The second kappa shape index (κ2) is 14.6. The van der Waals surface area contributed by atoms with Crippen molar-refractivity contribution in [2.75, 3.05) is 57.0 Å². The van der Waals surface area contributed by atoms with Gasteiger partial charge in [0.1, 0.15) is 46.9 Å². The van der Waals surface area contributed by atoms with Crippen LogP contribution in [0.3, 0.4) is 0 Å². The van der Waals surface area contributed by atoms with Crippen molar-refractivity contribution in [2.45, 2.75) is 95.4 Å². The number of ether oxygens (including phenoxy) is 2. The fourth-order valence-electron chi connectivity index (χ4n) is 8.28. The average Bonchev–Trinajstić information content (AvgIpc) is 3.79. The Hall–Kier alpha value is -4.87. The van der Waals surface area contributed by atoms with E-state index in [2.05, 4.69) is 19.9 Å². The molecule has 4 saturated heterocycles. The molecule has 0 spiro atoms. The summed E-state index contributed by atoms with van der Waals surface area (Å²) >= 11 is 0. The maximum absolute atomic E-state index is 16.7.